The van der Waals surface area contributed by atoms with Gasteiger partial charge in [0.05, 0.1) is 6.61 Å². The van der Waals surface area contributed by atoms with E-state index in [0.717, 1.165) is 0 Å². The van der Waals surface area contributed by atoms with Gasteiger partial charge in [-0.3, -0.25) is 0 Å². The minimum atomic E-state index is -5.23. The molecule has 0 saturated carbocycles. The van der Waals surface area contributed by atoms with E-state index in [1.165, 1.54) is 0 Å². The Hall–Kier alpha value is -0.130. The molecule has 0 aliphatic carbocycles. The van der Waals surface area contributed by atoms with E-state index in [1.54, 1.807) is 0 Å². The lowest BCUT2D eigenvalue weighted by atomic mass is 9.98. The van der Waals surface area contributed by atoms with Crippen molar-refractivity contribution >= 4 is 7.82 Å². The molecule has 5 atom stereocenters. The van der Waals surface area contributed by atoms with Gasteiger partial charge in [-0.25, -0.2) is 9.09 Å². The molecule has 0 bridgehead atoms. The van der Waals surface area contributed by atoms with Gasteiger partial charge in [-0.15, -0.1) is 0 Å². The summed E-state index contributed by atoms with van der Waals surface area (Å²) < 4.78 is 18.8. The maximum Gasteiger partial charge on any atom is 0.474 e. The Bertz CT molecular complexity index is 314. The molecule has 11 heteroatoms. The fourth-order valence-electron chi connectivity index (χ4n) is 1.37. The van der Waals surface area contributed by atoms with Gasteiger partial charge in [-0.2, -0.15) is 0 Å². The third-order valence-corrected chi connectivity index (χ3v) is 2.68. The van der Waals surface area contributed by atoms with E-state index >= 15 is 0 Å². The molecule has 0 aromatic rings. The summed E-state index contributed by atoms with van der Waals surface area (Å²) in [5.41, 5.74) is 0. The second-order valence-corrected chi connectivity index (χ2v) is 4.64. The summed E-state index contributed by atoms with van der Waals surface area (Å²) in [6.07, 6.45) is -7.68. The van der Waals surface area contributed by atoms with E-state index in [1.807, 2.05) is 0 Å². The molecule has 10 nitrogen and oxygen atoms in total. The molecular formula is C6H13O10P. The van der Waals surface area contributed by atoms with E-state index in [-0.39, 0.29) is 0 Å². The number of aliphatic hydroxyl groups is 5. The van der Waals surface area contributed by atoms with Crippen molar-refractivity contribution in [3.8, 4) is 0 Å². The Balaban J connectivity index is 2.95. The SMILES string of the molecule is O=P(O)(O)OC1(O)O[C@H](CO)[C@H](O)[C@H](O)[C@H]1O. The van der Waals surface area contributed by atoms with Crippen molar-refractivity contribution in [1.29, 1.82) is 0 Å². The maximum absolute atomic E-state index is 10.5. The van der Waals surface area contributed by atoms with Crippen LogP contribution in [0, 0.1) is 0 Å². The van der Waals surface area contributed by atoms with Crippen molar-refractivity contribution in [2.45, 2.75) is 30.4 Å². The first kappa shape index (κ1) is 14.9. The lowest BCUT2D eigenvalue weighted by molar-refractivity contribution is -0.425. The van der Waals surface area contributed by atoms with Crippen molar-refractivity contribution in [1.82, 2.24) is 0 Å². The Morgan fingerprint density at radius 3 is 2.18 bits per heavy atom. The van der Waals surface area contributed by atoms with Crippen LogP contribution in [0.1, 0.15) is 0 Å². The molecule has 0 radical (unpaired) electrons. The molecule has 1 aliphatic heterocycles. The first-order valence-electron chi connectivity index (χ1n) is 4.42. The van der Waals surface area contributed by atoms with Crippen molar-refractivity contribution < 1.29 is 49.1 Å². The molecule has 1 rings (SSSR count). The van der Waals surface area contributed by atoms with Crippen LogP contribution in [0.15, 0.2) is 0 Å². The standard InChI is InChI=1S/C6H13O10P/c7-1-2-3(8)4(9)5(10)6(11,15-2)16-17(12,13)14/h2-5,7-11H,1H2,(H2,12,13,14)/t2-,3+,4+,5-,6?/m1/s1. The first-order chi connectivity index (χ1) is 7.60. The second kappa shape index (κ2) is 4.86. The fraction of sp³-hybridized carbons (Fsp3) is 1.00. The van der Waals surface area contributed by atoms with Crippen LogP contribution in [0.3, 0.4) is 0 Å². The number of rotatable bonds is 3. The summed E-state index contributed by atoms with van der Waals surface area (Å²) in [7, 11) is -5.23. The predicted octanol–water partition coefficient (Wildman–Crippen LogP) is -3.78. The first-order valence-corrected chi connectivity index (χ1v) is 5.95. The van der Waals surface area contributed by atoms with E-state index in [2.05, 4.69) is 9.26 Å². The highest BCUT2D eigenvalue weighted by Crippen LogP contribution is 2.44. The quantitative estimate of drug-likeness (QED) is 0.200. The lowest BCUT2D eigenvalue weighted by Gasteiger charge is -2.43. The zero-order valence-corrected chi connectivity index (χ0v) is 9.21. The zero-order chi connectivity index (χ0) is 13.4. The van der Waals surface area contributed by atoms with Crippen LogP contribution in [-0.4, -0.2) is 72.3 Å². The van der Waals surface area contributed by atoms with Crippen LogP contribution in [0.5, 0.6) is 0 Å². The Kier molecular flexibility index (Phi) is 4.27. The average molecular weight is 276 g/mol. The summed E-state index contributed by atoms with van der Waals surface area (Å²) in [5.74, 6) is -3.23. The van der Waals surface area contributed by atoms with E-state index in [0.29, 0.717) is 0 Å². The van der Waals surface area contributed by atoms with Crippen LogP contribution in [0.25, 0.3) is 0 Å². The van der Waals surface area contributed by atoms with Gasteiger partial charge >= 0.3 is 13.8 Å². The van der Waals surface area contributed by atoms with Crippen LogP contribution in [0.2, 0.25) is 0 Å². The largest absolute Gasteiger partial charge is 0.474 e. The van der Waals surface area contributed by atoms with Gasteiger partial charge in [-0.1, -0.05) is 0 Å². The summed E-state index contributed by atoms with van der Waals surface area (Å²) in [6.45, 7) is -0.877. The third kappa shape index (κ3) is 3.20. The second-order valence-electron chi connectivity index (χ2n) is 3.48. The average Bonchev–Trinajstić information content (AvgIpc) is 2.18. The predicted molar refractivity (Wildman–Crippen MR) is 48.1 cm³/mol. The van der Waals surface area contributed by atoms with Crippen LogP contribution >= 0.6 is 7.82 Å². The topological polar surface area (TPSA) is 177 Å². The molecule has 0 aromatic carbocycles. The van der Waals surface area contributed by atoms with Gasteiger partial charge in [0.1, 0.15) is 18.3 Å². The molecule has 17 heavy (non-hydrogen) atoms. The van der Waals surface area contributed by atoms with Gasteiger partial charge in [0.2, 0.25) is 0 Å². The van der Waals surface area contributed by atoms with Crippen molar-refractivity contribution in [2.75, 3.05) is 6.61 Å². The summed E-state index contributed by atoms with van der Waals surface area (Å²) in [6, 6.07) is 0. The van der Waals surface area contributed by atoms with Crippen molar-refractivity contribution in [2.24, 2.45) is 0 Å². The lowest BCUT2D eigenvalue weighted by Crippen LogP contribution is -2.65. The summed E-state index contributed by atoms with van der Waals surface area (Å²) in [5, 5.41) is 46.1. The molecule has 102 valence electrons. The Morgan fingerprint density at radius 2 is 1.76 bits per heavy atom. The summed E-state index contributed by atoms with van der Waals surface area (Å²) in [4.78, 5) is 17.0. The van der Waals surface area contributed by atoms with Gasteiger partial charge in [0.15, 0.2) is 6.10 Å². The fourth-order valence-corrected chi connectivity index (χ4v) is 1.86. The molecule has 1 fully saturated rings. The molecular weight excluding hydrogens is 263 g/mol. The Morgan fingerprint density at radius 1 is 1.24 bits per heavy atom. The molecule has 1 aliphatic rings. The summed E-state index contributed by atoms with van der Waals surface area (Å²) >= 11 is 0. The molecule has 0 aromatic heterocycles. The number of ether oxygens (including phenoxy) is 1. The number of aliphatic hydroxyl groups excluding tert-OH is 4. The minimum Gasteiger partial charge on any atom is -0.394 e. The smallest absolute Gasteiger partial charge is 0.394 e. The highest BCUT2D eigenvalue weighted by atomic mass is 31.2. The highest BCUT2D eigenvalue weighted by Gasteiger charge is 2.56. The molecule has 7 N–H and O–H groups in total. The Labute approximate surface area is 94.9 Å². The highest BCUT2D eigenvalue weighted by molar-refractivity contribution is 7.46. The monoisotopic (exact) mass is 276 g/mol. The normalized spacial score (nSPS) is 43.7. The van der Waals surface area contributed by atoms with E-state index < -0.39 is 44.8 Å². The van der Waals surface area contributed by atoms with E-state index in [9.17, 15) is 25.0 Å². The van der Waals surface area contributed by atoms with Crippen molar-refractivity contribution in [3.63, 3.8) is 0 Å². The van der Waals surface area contributed by atoms with Crippen molar-refractivity contribution in [3.05, 3.63) is 0 Å². The number of hydrogen-bond donors (Lipinski definition) is 7. The zero-order valence-electron chi connectivity index (χ0n) is 8.32. The minimum absolute atomic E-state index is 0.877. The van der Waals surface area contributed by atoms with Crippen LogP contribution < -0.4 is 0 Å². The van der Waals surface area contributed by atoms with Crippen LogP contribution in [0.4, 0.5) is 0 Å². The molecule has 1 unspecified atom stereocenters. The number of phosphoric acid groups is 1. The third-order valence-electron chi connectivity index (χ3n) is 2.18. The molecule has 1 saturated heterocycles. The van der Waals surface area contributed by atoms with Crippen LogP contribution in [-0.2, 0) is 13.8 Å². The van der Waals surface area contributed by atoms with Gasteiger partial charge in [0.25, 0.3) is 0 Å². The van der Waals surface area contributed by atoms with Gasteiger partial charge in [0, 0.05) is 0 Å². The van der Waals surface area contributed by atoms with Gasteiger partial charge < -0.3 is 40.1 Å². The number of hydrogen-bond acceptors (Lipinski definition) is 8. The van der Waals surface area contributed by atoms with E-state index in [4.69, 9.17) is 14.9 Å². The van der Waals surface area contributed by atoms with Gasteiger partial charge in [-0.05, 0) is 0 Å². The molecule has 1 heterocycles. The molecule has 0 amide bonds. The number of phosphoric ester groups is 1. The maximum atomic E-state index is 10.5. The molecule has 0 spiro atoms.